The number of aromatic nitrogens is 4. The number of sulfonamides is 1. The quantitative estimate of drug-likeness (QED) is 0.0671. The third-order valence-electron chi connectivity index (χ3n) is 12.6. The zero-order valence-corrected chi connectivity index (χ0v) is 41.1. The summed E-state index contributed by atoms with van der Waals surface area (Å²) in [5.41, 5.74) is 2.86. The number of halogens is 9. The van der Waals surface area contributed by atoms with Crippen molar-refractivity contribution in [2.24, 2.45) is 0 Å². The highest BCUT2D eigenvalue weighted by Gasteiger charge is 2.51. The van der Waals surface area contributed by atoms with Crippen LogP contribution in [0.25, 0.3) is 0 Å². The fraction of sp³-hybridized carbons (Fsp3) is 0.319. The Morgan fingerprint density at radius 3 is 1.58 bits per heavy atom. The number of pyridine rings is 4. The molecule has 2 spiro atoms. The van der Waals surface area contributed by atoms with Crippen molar-refractivity contribution in [2.45, 2.75) is 90.9 Å². The number of benzene rings is 2. The van der Waals surface area contributed by atoms with E-state index < -0.39 is 64.7 Å². The van der Waals surface area contributed by atoms with Gasteiger partial charge in [-0.15, -0.1) is 13.2 Å². The minimum atomic E-state index is -4.84. The first-order chi connectivity index (χ1) is 33.9. The molecular formula is C47H40Cl3F6N5O9S2. The Kier molecular flexibility index (Phi) is 15.1. The molecule has 72 heavy (non-hydrogen) atoms. The fourth-order valence-electron chi connectivity index (χ4n) is 9.29. The molecule has 7 heterocycles. The Morgan fingerprint density at radius 1 is 0.653 bits per heavy atom. The van der Waals surface area contributed by atoms with Crippen LogP contribution in [-0.4, -0.2) is 50.6 Å². The van der Waals surface area contributed by atoms with Crippen LogP contribution in [0.3, 0.4) is 0 Å². The van der Waals surface area contributed by atoms with E-state index in [2.05, 4.69) is 32.9 Å². The molecule has 6 aromatic rings. The van der Waals surface area contributed by atoms with Gasteiger partial charge >= 0.3 is 12.5 Å². The molecule has 0 bridgehead atoms. The van der Waals surface area contributed by atoms with Gasteiger partial charge in [0.2, 0.25) is 11.4 Å². The maximum absolute atomic E-state index is 13.0. The Balaban J connectivity index is 0.000000160. The molecule has 382 valence electrons. The molecule has 3 aliphatic heterocycles. The van der Waals surface area contributed by atoms with Crippen LogP contribution >= 0.6 is 33.9 Å². The third kappa shape index (κ3) is 11.4. The molecular weight excluding hydrogens is 1060 g/mol. The highest BCUT2D eigenvalue weighted by Crippen LogP contribution is 2.53. The van der Waals surface area contributed by atoms with Gasteiger partial charge in [-0.3, -0.25) is 0 Å². The number of ether oxygens (including phenoxy) is 3. The molecule has 2 unspecified atom stereocenters. The number of rotatable bonds is 6. The first-order valence-electron chi connectivity index (χ1n) is 21.9. The van der Waals surface area contributed by atoms with Crippen molar-refractivity contribution >= 4 is 53.0 Å². The van der Waals surface area contributed by atoms with Crippen molar-refractivity contribution < 1.29 is 66.8 Å². The molecule has 25 heteroatoms. The molecule has 0 radical (unpaired) electrons. The van der Waals surface area contributed by atoms with E-state index >= 15 is 0 Å². The number of nitrogens with zero attached hydrogens (tertiary/aromatic N) is 5. The molecule has 0 N–H and O–H groups in total. The van der Waals surface area contributed by atoms with Crippen LogP contribution in [0.4, 0.5) is 26.3 Å². The number of hydrogen-bond donors (Lipinski definition) is 0. The van der Waals surface area contributed by atoms with Crippen molar-refractivity contribution in [1.82, 2.24) is 14.3 Å². The summed E-state index contributed by atoms with van der Waals surface area (Å²) in [6, 6.07) is 25.3. The number of hydrogen-bond acceptors (Lipinski definition) is 11. The van der Waals surface area contributed by atoms with Crippen molar-refractivity contribution in [3.63, 3.8) is 0 Å². The Hall–Kier alpha value is -5.33. The first kappa shape index (κ1) is 53.0. The van der Waals surface area contributed by atoms with Gasteiger partial charge in [0.05, 0.1) is 33.0 Å². The highest BCUT2D eigenvalue weighted by atomic mass is 35.7. The van der Waals surface area contributed by atoms with E-state index in [9.17, 15) is 53.6 Å². The predicted octanol–water partition coefficient (Wildman–Crippen LogP) is 10.3. The molecule has 2 aromatic carbocycles. The van der Waals surface area contributed by atoms with Gasteiger partial charge in [0.25, 0.3) is 19.1 Å². The third-order valence-corrected chi connectivity index (χ3v) is 16.1. The predicted molar refractivity (Wildman–Crippen MR) is 247 cm³/mol. The molecule has 1 saturated heterocycles. The lowest BCUT2D eigenvalue weighted by molar-refractivity contribution is -0.618. The SMILES string of the molecule is O=S(=O)(Cl)c1ccc(OC(F)(F)F)cn1.O=S(=O)(c1ccc(C(F)(F)F)cn1)N1CCC2(CC1)OC(c1cc(Cl)cc[n+]1[O-])c1ccccc12.[O-][n+]1ccc(Cl)cc1C1OC2(CCCCC2)c2ccccc21. The van der Waals surface area contributed by atoms with E-state index in [1.165, 1.54) is 47.6 Å². The van der Waals surface area contributed by atoms with Crippen LogP contribution in [0.2, 0.25) is 10.0 Å². The maximum Gasteiger partial charge on any atom is 0.573 e. The minimum Gasteiger partial charge on any atom is -0.618 e. The van der Waals surface area contributed by atoms with E-state index in [1.54, 1.807) is 18.2 Å². The van der Waals surface area contributed by atoms with Gasteiger partial charge in [-0.25, -0.2) is 26.8 Å². The monoisotopic (exact) mass is 1100 g/mol. The molecule has 1 saturated carbocycles. The Labute approximate surface area is 423 Å². The van der Waals surface area contributed by atoms with E-state index in [0.717, 1.165) is 52.5 Å². The average molecular weight is 1100 g/mol. The van der Waals surface area contributed by atoms with E-state index in [-0.39, 0.29) is 24.8 Å². The summed E-state index contributed by atoms with van der Waals surface area (Å²) in [4.78, 5) is 6.75. The highest BCUT2D eigenvalue weighted by molar-refractivity contribution is 8.13. The zero-order chi connectivity index (χ0) is 51.9. The standard InChI is InChI=1S/C23H19ClF3N3O4S.C18H18ClNO2.C6H3ClF3NO3S/c24-16-7-10-30(31)19(13-16)21-17-3-1-2-4-18(17)22(34-21)8-11-29(12-9-22)35(32,33)20-6-5-15(14-28-20)23(25,26)27;19-13-8-11-20(21)16(12-13)17-14-6-2-3-7-15(14)18(22-17)9-4-1-5-10-18;7-15(12,13)5-2-1-4(3-11-5)14-6(8,9)10/h1-7,10,13-14,21H,8-9,11-12H2;2-3,6-8,11-12,17H,1,4-5,9-10H2;1-3H. The number of alkyl halides is 6. The summed E-state index contributed by atoms with van der Waals surface area (Å²) in [7, 11) is -3.25. The number of piperidine rings is 1. The molecule has 1 aliphatic carbocycles. The smallest absolute Gasteiger partial charge is 0.573 e. The van der Waals surface area contributed by atoms with Crippen LogP contribution < -0.4 is 14.2 Å². The second-order valence-electron chi connectivity index (χ2n) is 17.0. The largest absolute Gasteiger partial charge is 0.618 e. The van der Waals surface area contributed by atoms with E-state index in [0.29, 0.717) is 57.5 Å². The van der Waals surface area contributed by atoms with Crippen LogP contribution in [0, 0.1) is 10.4 Å². The summed E-state index contributed by atoms with van der Waals surface area (Å²) in [6.45, 7) is 0.137. The Morgan fingerprint density at radius 2 is 1.14 bits per heavy atom. The van der Waals surface area contributed by atoms with Crippen molar-refractivity contribution in [2.75, 3.05) is 13.1 Å². The molecule has 10 rings (SSSR count). The van der Waals surface area contributed by atoms with Gasteiger partial charge < -0.3 is 24.6 Å². The van der Waals surface area contributed by atoms with E-state index in [4.69, 9.17) is 43.4 Å². The summed E-state index contributed by atoms with van der Waals surface area (Å²) in [6.07, 6.45) is -0.322. The average Bonchev–Trinajstić information content (AvgIpc) is 3.82. The second kappa shape index (κ2) is 20.5. The van der Waals surface area contributed by atoms with Crippen LogP contribution in [0.15, 0.2) is 132 Å². The van der Waals surface area contributed by atoms with Crippen LogP contribution in [-0.2, 0) is 45.9 Å². The topological polar surface area (TPSA) is 179 Å². The van der Waals surface area contributed by atoms with Crippen molar-refractivity contribution in [3.8, 4) is 5.75 Å². The van der Waals surface area contributed by atoms with E-state index in [1.807, 2.05) is 30.3 Å². The fourth-order valence-corrected chi connectivity index (χ4v) is 11.7. The van der Waals surface area contributed by atoms with Gasteiger partial charge in [0.1, 0.15) is 5.75 Å². The maximum atomic E-state index is 13.0. The minimum absolute atomic E-state index is 0.0685. The van der Waals surface area contributed by atoms with Crippen LogP contribution in [0.5, 0.6) is 5.75 Å². The first-order valence-corrected chi connectivity index (χ1v) is 26.4. The zero-order valence-electron chi connectivity index (χ0n) is 37.2. The lowest BCUT2D eigenvalue weighted by Gasteiger charge is -2.38. The molecule has 2 fully saturated rings. The van der Waals surface area contributed by atoms with Crippen LogP contribution in [0.1, 0.15) is 96.4 Å². The molecule has 4 aromatic heterocycles. The summed E-state index contributed by atoms with van der Waals surface area (Å²) >= 11 is 12.2. The number of fused-ring (bicyclic) bond motifs is 4. The molecule has 4 aliphatic rings. The second-order valence-corrected chi connectivity index (χ2v) is 22.3. The van der Waals surface area contributed by atoms with Gasteiger partial charge in [-0.2, -0.15) is 26.9 Å². The van der Waals surface area contributed by atoms with Gasteiger partial charge in [-0.05, 0) is 72.2 Å². The molecule has 2 atom stereocenters. The summed E-state index contributed by atoms with van der Waals surface area (Å²) in [5.74, 6) is -0.619. The molecule has 14 nitrogen and oxygen atoms in total. The summed E-state index contributed by atoms with van der Waals surface area (Å²) < 4.78 is 140. The normalized spacial score (nSPS) is 19.3. The molecule has 0 amide bonds. The Bertz CT molecular complexity index is 3160. The van der Waals surface area contributed by atoms with Crippen molar-refractivity contribution in [1.29, 1.82) is 0 Å². The van der Waals surface area contributed by atoms with Gasteiger partial charge in [0, 0.05) is 54.2 Å². The van der Waals surface area contributed by atoms with Crippen molar-refractivity contribution in [3.05, 3.63) is 182 Å². The lowest BCUT2D eigenvalue weighted by Crippen LogP contribution is -2.45. The van der Waals surface area contributed by atoms with Gasteiger partial charge in [-0.1, -0.05) is 91.0 Å². The van der Waals surface area contributed by atoms with Gasteiger partial charge in [0.15, 0.2) is 34.7 Å². The lowest BCUT2D eigenvalue weighted by atomic mass is 9.79. The summed E-state index contributed by atoms with van der Waals surface area (Å²) in [5, 5.41) is 24.7.